The minimum Gasteiger partial charge on any atom is -0.354 e. The van der Waals surface area contributed by atoms with E-state index in [1.54, 1.807) is 0 Å². The number of nitrogens with zero attached hydrogens (tertiary/aromatic N) is 1. The molecule has 0 bridgehead atoms. The van der Waals surface area contributed by atoms with E-state index < -0.39 is 0 Å². The van der Waals surface area contributed by atoms with Crippen LogP contribution in [-0.2, 0) is 6.54 Å². The molecule has 1 heterocycles. The molecule has 2 nitrogen and oxygen atoms in total. The summed E-state index contributed by atoms with van der Waals surface area (Å²) in [6, 6.07) is 1.84. The van der Waals surface area contributed by atoms with Gasteiger partial charge in [0.25, 0.3) is 0 Å². The molecule has 1 aromatic heterocycles. The van der Waals surface area contributed by atoms with Gasteiger partial charge in [0.1, 0.15) is 0 Å². The third kappa shape index (κ3) is 2.22. The van der Waals surface area contributed by atoms with Gasteiger partial charge in [-0.3, -0.25) is 4.79 Å². The highest BCUT2D eigenvalue weighted by Crippen LogP contribution is 2.00. The minimum atomic E-state index is 0.765. The van der Waals surface area contributed by atoms with Gasteiger partial charge < -0.3 is 4.57 Å². The van der Waals surface area contributed by atoms with Crippen LogP contribution in [0.25, 0.3) is 0 Å². The number of carbonyl (C=O) groups excluding carboxylic acids is 1. The van der Waals surface area contributed by atoms with Crippen molar-refractivity contribution in [2.75, 3.05) is 0 Å². The van der Waals surface area contributed by atoms with Crippen LogP contribution in [0.3, 0.4) is 0 Å². The van der Waals surface area contributed by atoms with Gasteiger partial charge in [-0.2, -0.15) is 0 Å². The van der Waals surface area contributed by atoms with Crippen molar-refractivity contribution in [2.45, 2.75) is 26.3 Å². The molecule has 11 heavy (non-hydrogen) atoms. The second-order valence-electron chi connectivity index (χ2n) is 2.65. The molecule has 0 amide bonds. The molecule has 0 spiro atoms. The summed E-state index contributed by atoms with van der Waals surface area (Å²) in [7, 11) is 0. The first-order valence-corrected chi connectivity index (χ1v) is 3.97. The second kappa shape index (κ2) is 3.96. The average molecular weight is 151 g/mol. The molecule has 0 aliphatic heterocycles. The van der Waals surface area contributed by atoms with Gasteiger partial charge in [0.05, 0.1) is 0 Å². The molecule has 0 saturated heterocycles. The monoisotopic (exact) mass is 151 g/mol. The number of hydrogen-bond acceptors (Lipinski definition) is 1. The summed E-state index contributed by atoms with van der Waals surface area (Å²) in [5.74, 6) is 0. The van der Waals surface area contributed by atoms with Gasteiger partial charge in [0, 0.05) is 24.5 Å². The van der Waals surface area contributed by atoms with Gasteiger partial charge in [-0.15, -0.1) is 0 Å². The second-order valence-corrected chi connectivity index (χ2v) is 2.65. The van der Waals surface area contributed by atoms with E-state index in [0.29, 0.717) is 0 Å². The first-order chi connectivity index (χ1) is 5.36. The number of aldehydes is 1. The van der Waals surface area contributed by atoms with Crippen LogP contribution in [0.1, 0.15) is 30.1 Å². The Kier molecular flexibility index (Phi) is 2.90. The summed E-state index contributed by atoms with van der Waals surface area (Å²) in [5.41, 5.74) is 0.765. The van der Waals surface area contributed by atoms with Crippen molar-refractivity contribution in [1.82, 2.24) is 4.57 Å². The zero-order chi connectivity index (χ0) is 8.10. The Hall–Kier alpha value is -1.05. The molecule has 1 rings (SSSR count). The van der Waals surface area contributed by atoms with Crippen molar-refractivity contribution in [2.24, 2.45) is 0 Å². The molecule has 0 aromatic carbocycles. The van der Waals surface area contributed by atoms with Gasteiger partial charge in [-0.25, -0.2) is 0 Å². The Morgan fingerprint density at radius 2 is 2.45 bits per heavy atom. The molecule has 0 aliphatic rings. The number of aryl methyl sites for hydroxylation is 1. The van der Waals surface area contributed by atoms with Crippen molar-refractivity contribution < 1.29 is 4.79 Å². The average Bonchev–Trinajstić information content (AvgIpc) is 2.48. The third-order valence-corrected chi connectivity index (χ3v) is 1.68. The van der Waals surface area contributed by atoms with E-state index in [4.69, 9.17) is 0 Å². The number of carbonyl (C=O) groups is 1. The summed E-state index contributed by atoms with van der Waals surface area (Å²) >= 11 is 0. The Morgan fingerprint density at radius 1 is 1.64 bits per heavy atom. The first-order valence-electron chi connectivity index (χ1n) is 3.97. The maximum absolute atomic E-state index is 10.3. The fourth-order valence-corrected chi connectivity index (χ4v) is 1.01. The molecule has 0 saturated carbocycles. The number of rotatable bonds is 4. The van der Waals surface area contributed by atoms with Crippen LogP contribution in [0.15, 0.2) is 18.5 Å². The van der Waals surface area contributed by atoms with Crippen molar-refractivity contribution in [3.05, 3.63) is 24.0 Å². The van der Waals surface area contributed by atoms with Crippen LogP contribution in [0.2, 0.25) is 0 Å². The van der Waals surface area contributed by atoms with Crippen LogP contribution in [0.4, 0.5) is 0 Å². The summed E-state index contributed by atoms with van der Waals surface area (Å²) in [6.45, 7) is 3.18. The van der Waals surface area contributed by atoms with Crippen molar-refractivity contribution in [1.29, 1.82) is 0 Å². The topological polar surface area (TPSA) is 22.0 Å². The zero-order valence-electron chi connectivity index (χ0n) is 6.79. The molecule has 0 fully saturated rings. The number of unbranched alkanes of at least 4 members (excludes halogenated alkanes) is 1. The Morgan fingerprint density at radius 3 is 3.00 bits per heavy atom. The number of aromatic nitrogens is 1. The van der Waals surface area contributed by atoms with Crippen molar-refractivity contribution in [3.63, 3.8) is 0 Å². The maximum atomic E-state index is 10.3. The molecule has 0 unspecified atom stereocenters. The van der Waals surface area contributed by atoms with Gasteiger partial charge in [0.2, 0.25) is 0 Å². The quantitative estimate of drug-likeness (QED) is 0.604. The lowest BCUT2D eigenvalue weighted by molar-refractivity contribution is 0.112. The molecule has 0 aliphatic carbocycles. The van der Waals surface area contributed by atoms with Crippen LogP contribution in [0.5, 0.6) is 0 Å². The van der Waals surface area contributed by atoms with E-state index in [9.17, 15) is 4.79 Å². The predicted molar refractivity (Wildman–Crippen MR) is 44.7 cm³/mol. The maximum Gasteiger partial charge on any atom is 0.151 e. The van der Waals surface area contributed by atoms with E-state index in [0.717, 1.165) is 18.4 Å². The van der Waals surface area contributed by atoms with Gasteiger partial charge >= 0.3 is 0 Å². The Bertz CT molecular complexity index is 227. The van der Waals surface area contributed by atoms with Gasteiger partial charge in [0.15, 0.2) is 6.29 Å². The third-order valence-electron chi connectivity index (χ3n) is 1.68. The van der Waals surface area contributed by atoms with E-state index >= 15 is 0 Å². The van der Waals surface area contributed by atoms with E-state index in [1.807, 2.05) is 23.0 Å². The summed E-state index contributed by atoms with van der Waals surface area (Å²) in [4.78, 5) is 10.3. The van der Waals surface area contributed by atoms with Crippen LogP contribution >= 0.6 is 0 Å². The molecular formula is C9H13NO. The van der Waals surface area contributed by atoms with E-state index in [-0.39, 0.29) is 0 Å². The molecule has 0 radical (unpaired) electrons. The van der Waals surface area contributed by atoms with Gasteiger partial charge in [-0.05, 0) is 12.5 Å². The summed E-state index contributed by atoms with van der Waals surface area (Å²) < 4.78 is 2.05. The molecular weight excluding hydrogens is 138 g/mol. The SMILES string of the molecule is CCCCn1ccc(C=O)c1. The fraction of sp³-hybridized carbons (Fsp3) is 0.444. The standard InChI is InChI=1S/C9H13NO/c1-2-3-5-10-6-4-9(7-10)8-11/h4,6-8H,2-3,5H2,1H3. The Labute approximate surface area is 66.8 Å². The summed E-state index contributed by atoms with van der Waals surface area (Å²) in [6.07, 6.45) is 7.06. The van der Waals surface area contributed by atoms with Crippen molar-refractivity contribution in [3.8, 4) is 0 Å². The molecule has 2 heteroatoms. The molecule has 1 aromatic rings. The van der Waals surface area contributed by atoms with Crippen LogP contribution in [0, 0.1) is 0 Å². The lowest BCUT2D eigenvalue weighted by atomic mass is 10.3. The zero-order valence-corrected chi connectivity index (χ0v) is 6.79. The van der Waals surface area contributed by atoms with Crippen molar-refractivity contribution >= 4 is 6.29 Å². The highest BCUT2D eigenvalue weighted by molar-refractivity contribution is 5.74. The smallest absolute Gasteiger partial charge is 0.151 e. The Balaban J connectivity index is 2.51. The fourth-order valence-electron chi connectivity index (χ4n) is 1.01. The molecule has 0 N–H and O–H groups in total. The number of hydrogen-bond donors (Lipinski definition) is 0. The lowest BCUT2D eigenvalue weighted by Crippen LogP contribution is -1.92. The molecule has 0 atom stereocenters. The first kappa shape index (κ1) is 8.05. The van der Waals surface area contributed by atoms with E-state index in [1.165, 1.54) is 12.8 Å². The largest absolute Gasteiger partial charge is 0.354 e. The highest BCUT2D eigenvalue weighted by Gasteiger charge is 1.92. The molecule has 60 valence electrons. The van der Waals surface area contributed by atoms with Crippen LogP contribution < -0.4 is 0 Å². The van der Waals surface area contributed by atoms with Gasteiger partial charge in [-0.1, -0.05) is 13.3 Å². The lowest BCUT2D eigenvalue weighted by Gasteiger charge is -1.98. The minimum absolute atomic E-state index is 0.765. The van der Waals surface area contributed by atoms with E-state index in [2.05, 4.69) is 6.92 Å². The summed E-state index contributed by atoms with van der Waals surface area (Å²) in [5, 5.41) is 0. The highest BCUT2D eigenvalue weighted by atomic mass is 16.1. The predicted octanol–water partition coefficient (Wildman–Crippen LogP) is 2.10. The normalized spacial score (nSPS) is 9.91. The van der Waals surface area contributed by atoms with Crippen LogP contribution in [-0.4, -0.2) is 10.9 Å².